The summed E-state index contributed by atoms with van der Waals surface area (Å²) in [6, 6.07) is 0. The molecule has 0 bridgehead atoms. The van der Waals surface area contributed by atoms with Gasteiger partial charge in [-0.25, -0.2) is 9.69 Å². The number of hydrogen-bond acceptors (Lipinski definition) is 4. The summed E-state index contributed by atoms with van der Waals surface area (Å²) in [7, 11) is 0. The van der Waals surface area contributed by atoms with E-state index in [1.54, 1.807) is 6.92 Å². The molecule has 1 heterocycles. The maximum atomic E-state index is 10.9. The van der Waals surface area contributed by atoms with Crippen molar-refractivity contribution in [2.24, 2.45) is 0 Å². The van der Waals surface area contributed by atoms with E-state index in [1.807, 2.05) is 0 Å². The number of carbonyl (C=O) groups excluding carboxylic acids is 2. The zero-order valence-electron chi connectivity index (χ0n) is 6.61. The summed E-state index contributed by atoms with van der Waals surface area (Å²) in [6.45, 7) is 1.77. The van der Waals surface area contributed by atoms with E-state index >= 15 is 0 Å². The quantitative estimate of drug-likeness (QED) is 0.621. The highest BCUT2D eigenvalue weighted by atomic mass is 16.6. The van der Waals surface area contributed by atoms with Crippen LogP contribution in [0.5, 0.6) is 0 Å². The predicted octanol–water partition coefficient (Wildman–Crippen LogP) is 0.427. The second kappa shape index (κ2) is 3.25. The van der Waals surface area contributed by atoms with Gasteiger partial charge < -0.3 is 9.84 Å². The maximum absolute atomic E-state index is 10.9. The summed E-state index contributed by atoms with van der Waals surface area (Å²) < 4.78 is 4.57. The normalized spacial score (nSPS) is 16.2. The van der Waals surface area contributed by atoms with Crippen LogP contribution >= 0.6 is 0 Å². The van der Waals surface area contributed by atoms with Crippen LogP contribution in [0, 0.1) is 0 Å². The number of rotatable bonds is 1. The Morgan fingerprint density at radius 2 is 2.50 bits per heavy atom. The van der Waals surface area contributed by atoms with Crippen LogP contribution < -0.4 is 0 Å². The summed E-state index contributed by atoms with van der Waals surface area (Å²) >= 11 is 0. The molecule has 1 N–H and O–H groups in total. The van der Waals surface area contributed by atoms with Gasteiger partial charge in [-0.2, -0.15) is 0 Å². The molecule has 0 atom stereocenters. The summed E-state index contributed by atoms with van der Waals surface area (Å²) in [6.07, 6.45) is 0.277. The lowest BCUT2D eigenvalue weighted by molar-refractivity contribution is -0.123. The highest BCUT2D eigenvalue weighted by molar-refractivity contribution is 6.01. The number of amides is 2. The van der Waals surface area contributed by atoms with Gasteiger partial charge in [-0.3, -0.25) is 4.79 Å². The van der Waals surface area contributed by atoms with E-state index < -0.39 is 12.0 Å². The van der Waals surface area contributed by atoms with Gasteiger partial charge in [0.25, 0.3) is 5.91 Å². The SMILES string of the molecule is CCOC(=O)N1CC(O)=CC1=O. The second-order valence-corrected chi connectivity index (χ2v) is 2.26. The molecule has 5 nitrogen and oxygen atoms in total. The minimum Gasteiger partial charge on any atom is -0.510 e. The van der Waals surface area contributed by atoms with Gasteiger partial charge in [-0.1, -0.05) is 0 Å². The molecule has 0 aliphatic carbocycles. The first-order chi connectivity index (χ1) is 5.65. The molecule has 0 aromatic heterocycles. The first-order valence-corrected chi connectivity index (χ1v) is 3.53. The Bertz CT molecular complexity index is 246. The fourth-order valence-electron chi connectivity index (χ4n) is 0.862. The van der Waals surface area contributed by atoms with Gasteiger partial charge in [0.1, 0.15) is 5.76 Å². The molecule has 0 saturated carbocycles. The Balaban J connectivity index is 2.57. The molecule has 1 aliphatic heterocycles. The van der Waals surface area contributed by atoms with Crippen LogP contribution in [0.15, 0.2) is 11.8 Å². The molecule has 0 saturated heterocycles. The molecule has 0 aromatic rings. The molecule has 1 rings (SSSR count). The van der Waals surface area contributed by atoms with E-state index in [1.165, 1.54) is 0 Å². The van der Waals surface area contributed by atoms with Crippen LogP contribution in [0.3, 0.4) is 0 Å². The van der Waals surface area contributed by atoms with Crippen molar-refractivity contribution < 1.29 is 19.4 Å². The van der Waals surface area contributed by atoms with Gasteiger partial charge >= 0.3 is 6.09 Å². The average molecular weight is 171 g/mol. The largest absolute Gasteiger partial charge is 0.510 e. The number of ether oxygens (including phenoxy) is 1. The first-order valence-electron chi connectivity index (χ1n) is 3.53. The predicted molar refractivity (Wildman–Crippen MR) is 39.4 cm³/mol. The van der Waals surface area contributed by atoms with Crippen molar-refractivity contribution in [1.82, 2.24) is 4.90 Å². The minimum absolute atomic E-state index is 0.0856. The van der Waals surface area contributed by atoms with Gasteiger partial charge in [0, 0.05) is 6.08 Å². The molecule has 0 fully saturated rings. The number of aliphatic hydroxyl groups is 1. The molecule has 0 unspecified atom stereocenters. The van der Waals surface area contributed by atoms with Crippen LogP contribution in [-0.2, 0) is 9.53 Å². The topological polar surface area (TPSA) is 66.8 Å². The third-order valence-corrected chi connectivity index (χ3v) is 1.36. The molecule has 0 radical (unpaired) electrons. The zero-order chi connectivity index (χ0) is 9.14. The third-order valence-electron chi connectivity index (χ3n) is 1.36. The van der Waals surface area contributed by atoms with Crippen molar-refractivity contribution in [3.63, 3.8) is 0 Å². The van der Waals surface area contributed by atoms with Crippen molar-refractivity contribution in [3.05, 3.63) is 11.8 Å². The van der Waals surface area contributed by atoms with E-state index in [4.69, 9.17) is 5.11 Å². The van der Waals surface area contributed by atoms with Crippen LogP contribution in [0.25, 0.3) is 0 Å². The van der Waals surface area contributed by atoms with Crippen LogP contribution in [0.4, 0.5) is 4.79 Å². The third kappa shape index (κ3) is 1.55. The summed E-state index contributed by atoms with van der Waals surface area (Å²) in [4.78, 5) is 22.7. The molecule has 0 spiro atoms. The Kier molecular flexibility index (Phi) is 2.32. The highest BCUT2D eigenvalue weighted by Crippen LogP contribution is 2.08. The van der Waals surface area contributed by atoms with Crippen molar-refractivity contribution >= 4 is 12.0 Å². The van der Waals surface area contributed by atoms with Crippen molar-refractivity contribution in [1.29, 1.82) is 0 Å². The lowest BCUT2D eigenvalue weighted by atomic mass is 10.5. The van der Waals surface area contributed by atoms with Gasteiger partial charge in [0.05, 0.1) is 13.2 Å². The monoisotopic (exact) mass is 171 g/mol. The number of carbonyl (C=O) groups is 2. The fourth-order valence-corrected chi connectivity index (χ4v) is 0.862. The molecule has 2 amide bonds. The Morgan fingerprint density at radius 3 is 2.92 bits per heavy atom. The van der Waals surface area contributed by atoms with Crippen LogP contribution in [0.2, 0.25) is 0 Å². The Labute approximate surface area is 69.2 Å². The van der Waals surface area contributed by atoms with Crippen molar-refractivity contribution in [3.8, 4) is 0 Å². The number of hydrogen-bond donors (Lipinski definition) is 1. The fraction of sp³-hybridized carbons (Fsp3) is 0.429. The van der Waals surface area contributed by atoms with Gasteiger partial charge in [0.15, 0.2) is 0 Å². The Morgan fingerprint density at radius 1 is 1.83 bits per heavy atom. The lowest BCUT2D eigenvalue weighted by Crippen LogP contribution is -2.33. The van der Waals surface area contributed by atoms with Crippen LogP contribution in [0.1, 0.15) is 6.92 Å². The molecule has 0 aromatic carbocycles. The first kappa shape index (κ1) is 8.58. The molecule has 1 aliphatic rings. The molecule has 5 heteroatoms. The van der Waals surface area contributed by atoms with Gasteiger partial charge in [-0.05, 0) is 6.92 Å². The van der Waals surface area contributed by atoms with Crippen molar-refractivity contribution in [2.45, 2.75) is 6.92 Å². The van der Waals surface area contributed by atoms with E-state index in [9.17, 15) is 9.59 Å². The average Bonchev–Trinajstić information content (AvgIpc) is 2.30. The van der Waals surface area contributed by atoms with E-state index in [-0.39, 0.29) is 18.9 Å². The van der Waals surface area contributed by atoms with Gasteiger partial charge in [-0.15, -0.1) is 0 Å². The van der Waals surface area contributed by atoms with E-state index in [0.29, 0.717) is 0 Å². The lowest BCUT2D eigenvalue weighted by Gasteiger charge is -2.11. The van der Waals surface area contributed by atoms with Crippen molar-refractivity contribution in [2.75, 3.05) is 13.2 Å². The second-order valence-electron chi connectivity index (χ2n) is 2.26. The summed E-state index contributed by atoms with van der Waals surface area (Å²) in [5, 5.41) is 8.88. The van der Waals surface area contributed by atoms with E-state index in [2.05, 4.69) is 4.74 Å². The number of aliphatic hydroxyl groups excluding tert-OH is 1. The van der Waals surface area contributed by atoms with E-state index in [0.717, 1.165) is 11.0 Å². The Hall–Kier alpha value is -1.52. The summed E-state index contributed by atoms with van der Waals surface area (Å²) in [5.41, 5.74) is 0. The minimum atomic E-state index is -0.720. The van der Waals surface area contributed by atoms with Gasteiger partial charge in [0.2, 0.25) is 0 Å². The van der Waals surface area contributed by atoms with Crippen LogP contribution in [-0.4, -0.2) is 35.2 Å². The number of nitrogens with zero attached hydrogens (tertiary/aromatic N) is 1. The molecular weight excluding hydrogens is 162 g/mol. The smallest absolute Gasteiger partial charge is 0.417 e. The standard InChI is InChI=1S/C7H9NO4/c1-2-12-7(11)8-4-5(9)3-6(8)10/h3,9H,2,4H2,1H3. The zero-order valence-corrected chi connectivity index (χ0v) is 6.61. The molecule has 12 heavy (non-hydrogen) atoms. The summed E-state index contributed by atoms with van der Waals surface area (Å²) in [5.74, 6) is -0.654. The maximum Gasteiger partial charge on any atom is 0.417 e. The molecule has 66 valence electrons. The number of imide groups is 1. The highest BCUT2D eigenvalue weighted by Gasteiger charge is 2.27. The molecular formula is C7H9NO4.